The fourth-order valence-corrected chi connectivity index (χ4v) is 8.34. The molecule has 0 saturated heterocycles. The number of rotatable bonds is 3. The van der Waals surface area contributed by atoms with E-state index in [2.05, 4.69) is 105 Å². The number of nitrogens with zero attached hydrogens (tertiary/aromatic N) is 1. The van der Waals surface area contributed by atoms with Crippen LogP contribution in [0.2, 0.25) is 13.1 Å². The number of para-hydroxylation sites is 1. The van der Waals surface area contributed by atoms with Crippen LogP contribution in [0.3, 0.4) is 0 Å². The average Bonchev–Trinajstić information content (AvgIpc) is 3.22. The molecular formula is C32H29FNOSi+. The zero-order chi connectivity index (χ0) is 25.2. The van der Waals surface area contributed by atoms with Gasteiger partial charge in [-0.25, -0.2) is 4.39 Å². The first-order valence-electron chi connectivity index (χ1n) is 12.4. The number of hydrogen-bond donors (Lipinski definition) is 0. The summed E-state index contributed by atoms with van der Waals surface area (Å²) in [5, 5.41) is 6.06. The molecule has 0 spiro atoms. The van der Waals surface area contributed by atoms with Crippen LogP contribution >= 0.6 is 0 Å². The molecule has 0 atom stereocenters. The van der Waals surface area contributed by atoms with Crippen molar-refractivity contribution in [3.8, 4) is 11.3 Å². The predicted octanol–water partition coefficient (Wildman–Crippen LogP) is 6.81. The van der Waals surface area contributed by atoms with Crippen molar-refractivity contribution in [2.24, 2.45) is 7.05 Å². The first-order valence-corrected chi connectivity index (χ1v) is 15.4. The Balaban J connectivity index is 1.75. The summed E-state index contributed by atoms with van der Waals surface area (Å²) in [6.45, 7) is 9.16. The summed E-state index contributed by atoms with van der Waals surface area (Å²) in [5.74, 6) is -0.286. The average molecular weight is 491 g/mol. The van der Waals surface area contributed by atoms with Crippen LogP contribution in [0.15, 0.2) is 89.3 Å². The Morgan fingerprint density at radius 3 is 2.28 bits per heavy atom. The Labute approximate surface area is 211 Å². The molecule has 6 rings (SSSR count). The maximum absolute atomic E-state index is 14.1. The van der Waals surface area contributed by atoms with Gasteiger partial charge >= 0.3 is 0 Å². The smallest absolute Gasteiger partial charge is 0.216 e. The highest BCUT2D eigenvalue weighted by Gasteiger charge is 2.33. The monoisotopic (exact) mass is 490 g/mol. The number of aryl methyl sites for hydroxylation is 2. The third-order valence-electron chi connectivity index (χ3n) is 7.87. The van der Waals surface area contributed by atoms with Gasteiger partial charge in [0.15, 0.2) is 0 Å². The topological polar surface area (TPSA) is 17.0 Å². The summed E-state index contributed by atoms with van der Waals surface area (Å²) in [6.07, 6.45) is 0. The van der Waals surface area contributed by atoms with Crippen LogP contribution in [-0.2, 0) is 7.05 Å². The van der Waals surface area contributed by atoms with E-state index >= 15 is 0 Å². The largest absolute Gasteiger partial charge is 0.455 e. The van der Waals surface area contributed by atoms with Crippen molar-refractivity contribution < 1.29 is 13.4 Å². The Morgan fingerprint density at radius 1 is 0.778 bits per heavy atom. The van der Waals surface area contributed by atoms with Gasteiger partial charge in [-0.3, -0.25) is 0 Å². The SMILES string of the molecule is Cc1cc2c(oc3cc(F)ccc32)c(-c2cc([Si](C)(C)c3ccccc3)c3ccccc3[n+]2C)c1C. The van der Waals surface area contributed by atoms with Gasteiger partial charge in [-0.2, -0.15) is 4.57 Å². The van der Waals surface area contributed by atoms with Gasteiger partial charge < -0.3 is 4.42 Å². The highest BCUT2D eigenvalue weighted by molar-refractivity contribution is 7.01. The highest BCUT2D eigenvalue weighted by Crippen LogP contribution is 2.39. The van der Waals surface area contributed by atoms with Gasteiger partial charge in [-0.05, 0) is 54.4 Å². The first-order chi connectivity index (χ1) is 17.3. The highest BCUT2D eigenvalue weighted by atomic mass is 28.3. The van der Waals surface area contributed by atoms with Crippen molar-refractivity contribution in [3.05, 3.63) is 102 Å². The number of pyridine rings is 1. The number of hydrogen-bond acceptors (Lipinski definition) is 1. The van der Waals surface area contributed by atoms with E-state index in [-0.39, 0.29) is 5.82 Å². The minimum Gasteiger partial charge on any atom is -0.455 e. The molecule has 2 heterocycles. The van der Waals surface area contributed by atoms with Crippen molar-refractivity contribution in [2.75, 3.05) is 0 Å². The van der Waals surface area contributed by atoms with E-state index < -0.39 is 8.07 Å². The van der Waals surface area contributed by atoms with E-state index in [0.717, 1.165) is 27.6 Å². The zero-order valence-corrected chi connectivity index (χ0v) is 22.3. The van der Waals surface area contributed by atoms with Crippen molar-refractivity contribution in [2.45, 2.75) is 26.9 Å². The summed E-state index contributed by atoms with van der Waals surface area (Å²) in [5.41, 5.74) is 7.16. The standard InChI is InChI=1S/C32H29FNOSi/c1-20-17-26-24-16-15-22(33)18-29(24)35-32(26)31(21(20)2)28-19-30(25-13-9-10-14-27(25)34(28)3)36(4,5)23-11-7-6-8-12-23/h6-19H,1-5H3/q+1. The van der Waals surface area contributed by atoms with Gasteiger partial charge in [-0.1, -0.05) is 60.7 Å². The lowest BCUT2D eigenvalue weighted by molar-refractivity contribution is -0.633. The molecule has 0 bridgehead atoms. The van der Waals surface area contributed by atoms with E-state index in [4.69, 9.17) is 4.42 Å². The van der Waals surface area contributed by atoms with Crippen LogP contribution in [0, 0.1) is 19.7 Å². The first kappa shape index (κ1) is 22.7. The predicted molar refractivity (Wildman–Crippen MR) is 150 cm³/mol. The molecule has 0 amide bonds. The number of aromatic nitrogens is 1. The second-order valence-electron chi connectivity index (χ2n) is 10.3. The number of furan rings is 1. The van der Waals surface area contributed by atoms with Gasteiger partial charge in [0.25, 0.3) is 0 Å². The molecule has 0 aliphatic rings. The van der Waals surface area contributed by atoms with Crippen LogP contribution in [-0.4, -0.2) is 8.07 Å². The Hall–Kier alpha value is -3.76. The Bertz CT molecular complexity index is 1800. The van der Waals surface area contributed by atoms with E-state index in [1.807, 2.05) is 6.07 Å². The van der Waals surface area contributed by atoms with Crippen molar-refractivity contribution in [3.63, 3.8) is 0 Å². The summed E-state index contributed by atoms with van der Waals surface area (Å²) in [4.78, 5) is 0. The molecule has 178 valence electrons. The second kappa shape index (κ2) is 8.14. The van der Waals surface area contributed by atoms with Gasteiger partial charge in [0, 0.05) is 34.4 Å². The summed E-state index contributed by atoms with van der Waals surface area (Å²) < 4.78 is 22.7. The zero-order valence-electron chi connectivity index (χ0n) is 21.3. The Kier molecular flexibility index (Phi) is 5.13. The third-order valence-corrected chi connectivity index (χ3v) is 11.4. The van der Waals surface area contributed by atoms with Crippen molar-refractivity contribution in [1.82, 2.24) is 0 Å². The molecule has 0 saturated carbocycles. The number of benzene rings is 4. The lowest BCUT2D eigenvalue weighted by Gasteiger charge is -2.25. The fraction of sp³-hybridized carbons (Fsp3) is 0.156. The molecule has 0 aliphatic heterocycles. The molecule has 4 heteroatoms. The van der Waals surface area contributed by atoms with Gasteiger partial charge in [-0.15, -0.1) is 0 Å². The molecule has 0 radical (unpaired) electrons. The summed E-state index contributed by atoms with van der Waals surface area (Å²) in [6, 6.07) is 28.9. The minimum atomic E-state index is -2.04. The lowest BCUT2D eigenvalue weighted by Crippen LogP contribution is -2.54. The molecule has 0 aliphatic carbocycles. The van der Waals surface area contributed by atoms with Crippen LogP contribution in [0.5, 0.6) is 0 Å². The molecule has 0 unspecified atom stereocenters. The second-order valence-corrected chi connectivity index (χ2v) is 14.7. The van der Waals surface area contributed by atoms with Crippen molar-refractivity contribution in [1.29, 1.82) is 0 Å². The van der Waals surface area contributed by atoms with Crippen LogP contribution in [0.1, 0.15) is 11.1 Å². The van der Waals surface area contributed by atoms with Crippen LogP contribution in [0.25, 0.3) is 44.1 Å². The molecule has 36 heavy (non-hydrogen) atoms. The van der Waals surface area contributed by atoms with Gasteiger partial charge in [0.05, 0.1) is 5.56 Å². The molecule has 2 aromatic heterocycles. The number of halogens is 1. The maximum atomic E-state index is 14.1. The maximum Gasteiger partial charge on any atom is 0.216 e. The lowest BCUT2D eigenvalue weighted by atomic mass is 9.96. The van der Waals surface area contributed by atoms with E-state index in [9.17, 15) is 4.39 Å². The summed E-state index contributed by atoms with van der Waals surface area (Å²) in [7, 11) is 0.0949. The molecule has 4 aromatic carbocycles. The molecule has 6 aromatic rings. The molecule has 2 nitrogen and oxygen atoms in total. The van der Waals surface area contributed by atoms with E-state index in [1.165, 1.54) is 44.5 Å². The molecule has 0 N–H and O–H groups in total. The van der Waals surface area contributed by atoms with Crippen LogP contribution in [0.4, 0.5) is 4.39 Å². The van der Waals surface area contributed by atoms with Crippen molar-refractivity contribution >= 4 is 51.3 Å². The Morgan fingerprint density at radius 2 is 1.50 bits per heavy atom. The van der Waals surface area contributed by atoms with E-state index in [0.29, 0.717) is 5.58 Å². The fourth-order valence-electron chi connectivity index (χ4n) is 5.62. The summed E-state index contributed by atoms with van der Waals surface area (Å²) >= 11 is 0. The van der Waals surface area contributed by atoms with Gasteiger partial charge in [0.1, 0.15) is 32.1 Å². The quantitative estimate of drug-likeness (QED) is 0.197. The molecule has 0 fully saturated rings. The number of fused-ring (bicyclic) bond motifs is 4. The van der Waals surface area contributed by atoms with Crippen LogP contribution < -0.4 is 14.9 Å². The van der Waals surface area contributed by atoms with E-state index in [1.54, 1.807) is 0 Å². The normalized spacial score (nSPS) is 12.2. The van der Waals surface area contributed by atoms with Gasteiger partial charge in [0.2, 0.25) is 11.2 Å². The molecular weight excluding hydrogens is 461 g/mol. The minimum absolute atomic E-state index is 0.286. The third kappa shape index (κ3) is 3.32.